The number of hydrogen-bond donors (Lipinski definition) is 2. The summed E-state index contributed by atoms with van der Waals surface area (Å²) in [6, 6.07) is 4.76. The van der Waals surface area contributed by atoms with Gasteiger partial charge in [0.2, 0.25) is 0 Å². The van der Waals surface area contributed by atoms with E-state index < -0.39 is 5.97 Å². The van der Waals surface area contributed by atoms with E-state index in [1.807, 2.05) is 4.68 Å². The van der Waals surface area contributed by atoms with Gasteiger partial charge in [0, 0.05) is 31.0 Å². The minimum atomic E-state index is -0.956. The quantitative estimate of drug-likeness (QED) is 0.913. The smallest absolute Gasteiger partial charge is 0.335 e. The van der Waals surface area contributed by atoms with Gasteiger partial charge in [0.1, 0.15) is 0 Å². The van der Waals surface area contributed by atoms with Crippen LogP contribution in [0.15, 0.2) is 18.2 Å². The Morgan fingerprint density at radius 2 is 2.23 bits per heavy atom. The van der Waals surface area contributed by atoms with E-state index in [0.717, 1.165) is 30.9 Å². The molecular weight excluding hydrogens is 302 g/mol. The Labute approximate surface area is 132 Å². The molecule has 2 N–H and O–H groups in total. The molecule has 1 aromatic carbocycles. The lowest BCUT2D eigenvalue weighted by Gasteiger charge is -2.16. The number of hydrogen-bond acceptors (Lipinski definition) is 3. The van der Waals surface area contributed by atoms with Crippen molar-refractivity contribution in [3.8, 4) is 5.69 Å². The van der Waals surface area contributed by atoms with E-state index in [9.17, 15) is 9.90 Å². The summed E-state index contributed by atoms with van der Waals surface area (Å²) in [5.74, 6) is -0.403. The average molecular weight is 318 g/mol. The van der Waals surface area contributed by atoms with Gasteiger partial charge in [-0.1, -0.05) is 11.6 Å². The molecular formula is C16H16ClN3O2. The third-order valence-corrected chi connectivity index (χ3v) is 4.67. The fourth-order valence-electron chi connectivity index (χ4n) is 3.07. The van der Waals surface area contributed by atoms with Crippen LogP contribution < -0.4 is 5.32 Å². The summed E-state index contributed by atoms with van der Waals surface area (Å²) >= 11 is 6.31. The van der Waals surface area contributed by atoms with Crippen molar-refractivity contribution in [1.29, 1.82) is 0 Å². The summed E-state index contributed by atoms with van der Waals surface area (Å²) in [4.78, 5) is 11.2. The Morgan fingerprint density at radius 1 is 1.41 bits per heavy atom. The van der Waals surface area contributed by atoms with E-state index in [1.54, 1.807) is 12.1 Å². The fourth-order valence-corrected chi connectivity index (χ4v) is 3.26. The monoisotopic (exact) mass is 317 g/mol. The number of fused-ring (bicyclic) bond motifs is 1. The van der Waals surface area contributed by atoms with Gasteiger partial charge < -0.3 is 10.4 Å². The van der Waals surface area contributed by atoms with Gasteiger partial charge in [-0.05, 0) is 31.0 Å². The number of halogens is 1. The van der Waals surface area contributed by atoms with Gasteiger partial charge in [-0.15, -0.1) is 0 Å². The van der Waals surface area contributed by atoms with E-state index in [4.69, 9.17) is 16.7 Å². The molecule has 1 fully saturated rings. The van der Waals surface area contributed by atoms with E-state index >= 15 is 0 Å². The van der Waals surface area contributed by atoms with E-state index in [-0.39, 0.29) is 5.56 Å². The standard InChI is InChI=1S/C16H16ClN3O2/c17-12-4-3-10(16(21)22)7-14(12)20-13-5-6-18-8-11(13)15(19-20)9-1-2-9/h3-4,7,9,18H,1-2,5-6,8H2,(H,21,22). The minimum absolute atomic E-state index is 0.227. The predicted molar refractivity (Wildman–Crippen MR) is 82.9 cm³/mol. The maximum absolute atomic E-state index is 11.2. The maximum Gasteiger partial charge on any atom is 0.335 e. The van der Waals surface area contributed by atoms with Gasteiger partial charge in [0.05, 0.1) is 27.7 Å². The van der Waals surface area contributed by atoms with Crippen LogP contribution in [0.1, 0.15) is 46.1 Å². The molecule has 1 aromatic heterocycles. The molecule has 0 spiro atoms. The number of carbonyl (C=O) groups is 1. The SMILES string of the molecule is O=C(O)c1ccc(Cl)c(-n2nc(C3CC3)c3c2CCNC3)c1. The Balaban J connectivity index is 1.89. The van der Waals surface area contributed by atoms with Crippen LogP contribution in [0.3, 0.4) is 0 Å². The fraction of sp³-hybridized carbons (Fsp3) is 0.375. The molecule has 114 valence electrons. The second kappa shape index (κ2) is 5.11. The van der Waals surface area contributed by atoms with Crippen LogP contribution in [0.25, 0.3) is 5.69 Å². The Hall–Kier alpha value is -1.85. The molecule has 1 aliphatic carbocycles. The minimum Gasteiger partial charge on any atom is -0.478 e. The molecule has 0 radical (unpaired) electrons. The van der Waals surface area contributed by atoms with Crippen LogP contribution in [0.2, 0.25) is 5.02 Å². The molecule has 0 atom stereocenters. The number of carboxylic acid groups (broad SMARTS) is 1. The van der Waals surface area contributed by atoms with Gasteiger partial charge in [0.25, 0.3) is 0 Å². The zero-order valence-corrected chi connectivity index (χ0v) is 12.7. The van der Waals surface area contributed by atoms with Crippen LogP contribution in [-0.4, -0.2) is 27.4 Å². The summed E-state index contributed by atoms with van der Waals surface area (Å²) in [6.07, 6.45) is 3.25. The number of aromatic nitrogens is 2. The van der Waals surface area contributed by atoms with Crippen molar-refractivity contribution in [2.24, 2.45) is 0 Å². The number of aromatic carboxylic acids is 1. The van der Waals surface area contributed by atoms with E-state index in [1.165, 1.54) is 24.5 Å². The van der Waals surface area contributed by atoms with Crippen LogP contribution in [0.5, 0.6) is 0 Å². The molecule has 6 heteroatoms. The normalized spacial score (nSPS) is 17.3. The first-order valence-corrected chi connectivity index (χ1v) is 7.87. The topological polar surface area (TPSA) is 67.1 Å². The Kier molecular flexibility index (Phi) is 3.20. The molecule has 22 heavy (non-hydrogen) atoms. The van der Waals surface area contributed by atoms with Gasteiger partial charge in [-0.2, -0.15) is 5.10 Å². The molecule has 1 saturated carbocycles. The molecule has 2 aliphatic rings. The third kappa shape index (κ3) is 2.21. The van der Waals surface area contributed by atoms with Gasteiger partial charge in [-0.3, -0.25) is 0 Å². The third-order valence-electron chi connectivity index (χ3n) is 4.35. The number of nitrogens with zero attached hydrogens (tertiary/aromatic N) is 2. The molecule has 1 aliphatic heterocycles. The Morgan fingerprint density at radius 3 is 2.95 bits per heavy atom. The van der Waals surface area contributed by atoms with Crippen molar-refractivity contribution < 1.29 is 9.90 Å². The highest BCUT2D eigenvalue weighted by Crippen LogP contribution is 2.43. The maximum atomic E-state index is 11.2. The highest BCUT2D eigenvalue weighted by atomic mass is 35.5. The molecule has 2 aromatic rings. The van der Waals surface area contributed by atoms with Crippen molar-refractivity contribution in [3.05, 3.63) is 45.7 Å². The molecule has 0 unspecified atom stereocenters. The Bertz CT molecular complexity index is 765. The molecule has 5 nitrogen and oxygen atoms in total. The van der Waals surface area contributed by atoms with Crippen LogP contribution in [-0.2, 0) is 13.0 Å². The summed E-state index contributed by atoms with van der Waals surface area (Å²) in [5, 5.41) is 17.9. The first-order valence-electron chi connectivity index (χ1n) is 7.49. The zero-order chi connectivity index (χ0) is 15.3. The molecule has 0 bridgehead atoms. The number of carboxylic acids is 1. The van der Waals surface area contributed by atoms with Gasteiger partial charge >= 0.3 is 5.97 Å². The zero-order valence-electron chi connectivity index (χ0n) is 12.0. The van der Waals surface area contributed by atoms with Crippen LogP contribution in [0, 0.1) is 0 Å². The van der Waals surface area contributed by atoms with Crippen LogP contribution in [0.4, 0.5) is 0 Å². The summed E-state index contributed by atoms with van der Waals surface area (Å²) in [5.41, 5.74) is 4.46. The average Bonchev–Trinajstić information content (AvgIpc) is 3.29. The van der Waals surface area contributed by atoms with Crippen molar-refractivity contribution >= 4 is 17.6 Å². The summed E-state index contributed by atoms with van der Waals surface area (Å²) in [6.45, 7) is 1.73. The van der Waals surface area contributed by atoms with Crippen LogP contribution >= 0.6 is 11.6 Å². The molecule has 2 heterocycles. The number of benzene rings is 1. The lowest BCUT2D eigenvalue weighted by molar-refractivity contribution is 0.0697. The van der Waals surface area contributed by atoms with Crippen molar-refractivity contribution in [1.82, 2.24) is 15.1 Å². The summed E-state index contributed by atoms with van der Waals surface area (Å²) in [7, 11) is 0. The molecule has 0 amide bonds. The van der Waals surface area contributed by atoms with Crippen molar-refractivity contribution in [2.45, 2.75) is 31.7 Å². The first-order chi connectivity index (χ1) is 10.6. The van der Waals surface area contributed by atoms with Gasteiger partial charge in [0.15, 0.2) is 0 Å². The van der Waals surface area contributed by atoms with Gasteiger partial charge in [-0.25, -0.2) is 9.48 Å². The van der Waals surface area contributed by atoms with Crippen molar-refractivity contribution in [2.75, 3.05) is 6.54 Å². The van der Waals surface area contributed by atoms with Crippen molar-refractivity contribution in [3.63, 3.8) is 0 Å². The molecule has 0 saturated heterocycles. The second-order valence-electron chi connectivity index (χ2n) is 5.89. The lowest BCUT2D eigenvalue weighted by atomic mass is 10.0. The number of rotatable bonds is 3. The lowest BCUT2D eigenvalue weighted by Crippen LogP contribution is -2.25. The molecule has 4 rings (SSSR count). The largest absolute Gasteiger partial charge is 0.478 e. The number of nitrogens with one attached hydrogen (secondary N) is 1. The summed E-state index contributed by atoms with van der Waals surface area (Å²) < 4.78 is 1.86. The second-order valence-corrected chi connectivity index (χ2v) is 6.30. The predicted octanol–water partition coefficient (Wildman–Crippen LogP) is 2.75. The highest BCUT2D eigenvalue weighted by Gasteiger charge is 2.33. The highest BCUT2D eigenvalue weighted by molar-refractivity contribution is 6.32. The van der Waals surface area contributed by atoms with E-state index in [2.05, 4.69) is 5.32 Å². The first kappa shape index (κ1) is 13.8. The van der Waals surface area contributed by atoms with E-state index in [0.29, 0.717) is 16.6 Å².